The molecule has 158 valence electrons. The topological polar surface area (TPSA) is 115 Å². The second kappa shape index (κ2) is 9.79. The van der Waals surface area contributed by atoms with Crippen molar-refractivity contribution in [2.75, 3.05) is 49.8 Å². The number of hydrogen-bond acceptors (Lipinski definition) is 8. The third kappa shape index (κ3) is 4.90. The summed E-state index contributed by atoms with van der Waals surface area (Å²) in [5, 5.41) is 11.7. The van der Waals surface area contributed by atoms with Crippen molar-refractivity contribution in [3.05, 3.63) is 58.3 Å². The number of carbonyl (C=O) groups excluding carboxylic acids is 2. The number of nitrogens with zero attached hydrogens (tertiary/aromatic N) is 4. The molecule has 10 nitrogen and oxygen atoms in total. The Labute approximate surface area is 173 Å². The number of nitro groups is 1. The van der Waals surface area contributed by atoms with Gasteiger partial charge in [-0.2, -0.15) is 0 Å². The number of nitro benzene ring substituents is 1. The fraction of sp³-hybridized carbons (Fsp3) is 0.350. The van der Waals surface area contributed by atoms with Gasteiger partial charge < -0.3 is 14.4 Å². The molecule has 0 aliphatic carbocycles. The molecule has 1 aliphatic heterocycles. The van der Waals surface area contributed by atoms with Crippen molar-refractivity contribution < 1.29 is 24.0 Å². The maximum Gasteiger partial charge on any atom is 0.307 e. The van der Waals surface area contributed by atoms with Gasteiger partial charge in [0.25, 0.3) is 11.6 Å². The molecular weight excluding hydrogens is 392 g/mol. The molecule has 1 fully saturated rings. The van der Waals surface area contributed by atoms with Crippen LogP contribution >= 0.6 is 0 Å². The van der Waals surface area contributed by atoms with Crippen LogP contribution in [0.4, 0.5) is 17.2 Å². The van der Waals surface area contributed by atoms with Crippen molar-refractivity contribution in [2.24, 2.45) is 0 Å². The number of carbonyl (C=O) groups is 2. The van der Waals surface area contributed by atoms with E-state index in [1.165, 1.54) is 24.3 Å². The Balaban J connectivity index is 1.92. The fourth-order valence-corrected chi connectivity index (χ4v) is 3.17. The van der Waals surface area contributed by atoms with Gasteiger partial charge in [-0.1, -0.05) is 6.07 Å². The van der Waals surface area contributed by atoms with E-state index in [1.807, 2.05) is 4.90 Å². The maximum atomic E-state index is 13.2. The number of esters is 1. The molecule has 10 heteroatoms. The summed E-state index contributed by atoms with van der Waals surface area (Å²) in [5.74, 6) is -0.627. The monoisotopic (exact) mass is 414 g/mol. The summed E-state index contributed by atoms with van der Waals surface area (Å²) in [7, 11) is 1.27. The van der Waals surface area contributed by atoms with Crippen molar-refractivity contribution in [3.63, 3.8) is 0 Å². The van der Waals surface area contributed by atoms with E-state index in [2.05, 4.69) is 9.72 Å². The largest absolute Gasteiger partial charge is 0.469 e. The highest BCUT2D eigenvalue weighted by Crippen LogP contribution is 2.30. The molecule has 2 aromatic rings. The second-order valence-corrected chi connectivity index (χ2v) is 6.53. The first-order valence-corrected chi connectivity index (χ1v) is 9.42. The van der Waals surface area contributed by atoms with Crippen LogP contribution in [0.2, 0.25) is 0 Å². The average molecular weight is 414 g/mol. The predicted octanol–water partition coefficient (Wildman–Crippen LogP) is 2.04. The number of morpholine rings is 1. The van der Waals surface area contributed by atoms with E-state index in [9.17, 15) is 19.7 Å². The molecule has 0 N–H and O–H groups in total. The summed E-state index contributed by atoms with van der Waals surface area (Å²) >= 11 is 0. The van der Waals surface area contributed by atoms with Crippen LogP contribution in [0.5, 0.6) is 0 Å². The lowest BCUT2D eigenvalue weighted by molar-refractivity contribution is -0.384. The molecule has 0 radical (unpaired) electrons. The summed E-state index contributed by atoms with van der Waals surface area (Å²) < 4.78 is 9.96. The van der Waals surface area contributed by atoms with Crippen LogP contribution < -0.4 is 9.80 Å². The molecule has 0 spiro atoms. The van der Waals surface area contributed by atoms with Crippen LogP contribution in [0.1, 0.15) is 16.8 Å². The molecule has 1 saturated heterocycles. The van der Waals surface area contributed by atoms with E-state index in [1.54, 1.807) is 30.3 Å². The molecule has 1 aromatic heterocycles. The molecule has 0 unspecified atom stereocenters. The molecule has 2 heterocycles. The standard InChI is InChI=1S/C20H22N4O6/c1-29-19(25)7-9-23(18-4-2-3-8-21-18)20(26)15-5-6-16(17(14-15)24(27)28)22-10-12-30-13-11-22/h2-6,8,14H,7,9-13H2,1H3. The van der Waals surface area contributed by atoms with Crippen molar-refractivity contribution in [1.29, 1.82) is 0 Å². The van der Waals surface area contributed by atoms with E-state index < -0.39 is 16.8 Å². The summed E-state index contributed by atoms with van der Waals surface area (Å²) in [6.07, 6.45) is 1.49. The van der Waals surface area contributed by atoms with Crippen molar-refractivity contribution >= 4 is 29.1 Å². The zero-order valence-corrected chi connectivity index (χ0v) is 16.5. The zero-order valence-electron chi connectivity index (χ0n) is 16.5. The lowest BCUT2D eigenvalue weighted by Crippen LogP contribution is -2.37. The van der Waals surface area contributed by atoms with Gasteiger partial charge in [0.05, 0.1) is 31.7 Å². The van der Waals surface area contributed by atoms with Gasteiger partial charge in [-0.25, -0.2) is 4.98 Å². The van der Waals surface area contributed by atoms with Crippen LogP contribution in [0.25, 0.3) is 0 Å². The third-order valence-electron chi connectivity index (χ3n) is 4.71. The molecule has 1 amide bonds. The number of pyridine rings is 1. The highest BCUT2D eigenvalue weighted by Gasteiger charge is 2.26. The Morgan fingerprint density at radius 3 is 2.67 bits per heavy atom. The molecule has 1 aromatic carbocycles. The Hall–Kier alpha value is -3.53. The van der Waals surface area contributed by atoms with Gasteiger partial charge in [0.2, 0.25) is 0 Å². The van der Waals surface area contributed by atoms with E-state index in [0.717, 1.165) is 0 Å². The lowest BCUT2D eigenvalue weighted by atomic mass is 10.1. The van der Waals surface area contributed by atoms with Crippen molar-refractivity contribution in [3.8, 4) is 0 Å². The predicted molar refractivity (Wildman–Crippen MR) is 109 cm³/mol. The molecule has 0 saturated carbocycles. The number of ether oxygens (including phenoxy) is 2. The molecule has 0 atom stereocenters. The van der Waals surface area contributed by atoms with Gasteiger partial charge in [-0.05, 0) is 24.3 Å². The van der Waals surface area contributed by atoms with Gasteiger partial charge in [0, 0.05) is 37.5 Å². The van der Waals surface area contributed by atoms with Crippen molar-refractivity contribution in [1.82, 2.24) is 4.98 Å². The maximum absolute atomic E-state index is 13.2. The lowest BCUT2D eigenvalue weighted by Gasteiger charge is -2.28. The minimum Gasteiger partial charge on any atom is -0.469 e. The third-order valence-corrected chi connectivity index (χ3v) is 4.71. The molecule has 1 aliphatic rings. The minimum absolute atomic E-state index is 0.0293. The molecule has 0 bridgehead atoms. The number of rotatable bonds is 7. The van der Waals surface area contributed by atoms with E-state index >= 15 is 0 Å². The van der Waals surface area contributed by atoms with Crippen LogP contribution in [-0.2, 0) is 14.3 Å². The van der Waals surface area contributed by atoms with Crippen LogP contribution in [0, 0.1) is 10.1 Å². The first-order valence-electron chi connectivity index (χ1n) is 9.42. The summed E-state index contributed by atoms with van der Waals surface area (Å²) in [6, 6.07) is 9.44. The Kier molecular flexibility index (Phi) is 6.91. The van der Waals surface area contributed by atoms with E-state index in [0.29, 0.717) is 37.8 Å². The number of amides is 1. The first kappa shape index (κ1) is 21.2. The first-order chi connectivity index (χ1) is 14.5. The normalized spacial score (nSPS) is 13.6. The van der Waals surface area contributed by atoms with E-state index in [4.69, 9.17) is 4.74 Å². The molecular formula is C20H22N4O6. The van der Waals surface area contributed by atoms with Crippen LogP contribution in [0.3, 0.4) is 0 Å². The Morgan fingerprint density at radius 2 is 2.03 bits per heavy atom. The number of aromatic nitrogens is 1. The van der Waals surface area contributed by atoms with Gasteiger partial charge in [0.15, 0.2) is 0 Å². The summed E-state index contributed by atoms with van der Waals surface area (Å²) in [5.41, 5.74) is 0.421. The second-order valence-electron chi connectivity index (χ2n) is 6.53. The van der Waals surface area contributed by atoms with Crippen LogP contribution in [-0.4, -0.2) is 61.7 Å². The Morgan fingerprint density at radius 1 is 1.27 bits per heavy atom. The zero-order chi connectivity index (χ0) is 21.5. The van der Waals surface area contributed by atoms with Crippen molar-refractivity contribution in [2.45, 2.75) is 6.42 Å². The smallest absolute Gasteiger partial charge is 0.307 e. The molecule has 3 rings (SSSR count). The number of anilines is 2. The fourth-order valence-electron chi connectivity index (χ4n) is 3.17. The highest BCUT2D eigenvalue weighted by molar-refractivity contribution is 6.06. The van der Waals surface area contributed by atoms with Gasteiger partial charge >= 0.3 is 5.97 Å². The van der Waals surface area contributed by atoms with Crippen LogP contribution in [0.15, 0.2) is 42.6 Å². The molecule has 30 heavy (non-hydrogen) atoms. The quantitative estimate of drug-likeness (QED) is 0.384. The number of hydrogen-bond donors (Lipinski definition) is 0. The minimum atomic E-state index is -0.499. The SMILES string of the molecule is COC(=O)CCN(C(=O)c1ccc(N2CCOCC2)c([N+](=O)[O-])c1)c1ccccn1. The summed E-state index contributed by atoms with van der Waals surface area (Å²) in [6.45, 7) is 2.07. The summed E-state index contributed by atoms with van der Waals surface area (Å²) in [4.78, 5) is 43.3. The van der Waals surface area contributed by atoms with Gasteiger partial charge in [-0.15, -0.1) is 0 Å². The number of methoxy groups -OCH3 is 1. The van der Waals surface area contributed by atoms with Gasteiger partial charge in [-0.3, -0.25) is 24.6 Å². The average Bonchev–Trinajstić information content (AvgIpc) is 2.79. The van der Waals surface area contributed by atoms with E-state index in [-0.39, 0.29) is 24.2 Å². The number of benzene rings is 1. The Bertz CT molecular complexity index is 915. The highest BCUT2D eigenvalue weighted by atomic mass is 16.6. The van der Waals surface area contributed by atoms with Gasteiger partial charge in [0.1, 0.15) is 11.5 Å².